The number of nitrogens with zero attached hydrogens (tertiary/aromatic N) is 3. The summed E-state index contributed by atoms with van der Waals surface area (Å²) in [7, 11) is 0. The summed E-state index contributed by atoms with van der Waals surface area (Å²) in [5.74, 6) is 0. The number of nitrogens with one attached hydrogen (secondary N) is 1. The highest BCUT2D eigenvalue weighted by Gasteiger charge is 2.28. The smallest absolute Gasteiger partial charge is 0.306 e. The van der Waals surface area contributed by atoms with Gasteiger partial charge < -0.3 is 5.32 Å². The van der Waals surface area contributed by atoms with Crippen LogP contribution in [-0.4, -0.2) is 11.0 Å². The van der Waals surface area contributed by atoms with E-state index in [2.05, 4.69) is 5.32 Å². The number of nitriles is 1. The Labute approximate surface area is 164 Å². The molecular formula is C20H12N4O3S. The second-order valence-corrected chi connectivity index (χ2v) is 6.99. The number of nitro groups is 1. The van der Waals surface area contributed by atoms with Gasteiger partial charge in [0.15, 0.2) is 0 Å². The SMILES string of the molecule is N#Cc1cc([N+](=O)[O-])ccc1NC(=O)N1c2ccccc2Sc2ccccc21. The Morgan fingerprint density at radius 2 is 1.64 bits per heavy atom. The van der Waals surface area contributed by atoms with Gasteiger partial charge in [0.05, 0.1) is 27.5 Å². The first kappa shape index (κ1) is 17.6. The molecule has 3 aromatic carbocycles. The standard InChI is InChI=1S/C20H12N4O3S/c21-12-13-11-14(24(26)27)9-10-15(13)22-20(25)23-16-5-1-3-7-18(16)28-19-8-4-2-6-17(19)23/h1-11H,(H,22,25). The summed E-state index contributed by atoms with van der Waals surface area (Å²) >= 11 is 1.57. The Morgan fingerprint density at radius 3 is 2.21 bits per heavy atom. The predicted octanol–water partition coefficient (Wildman–Crippen LogP) is 5.30. The van der Waals surface area contributed by atoms with Gasteiger partial charge in [0.1, 0.15) is 6.07 Å². The monoisotopic (exact) mass is 388 g/mol. The summed E-state index contributed by atoms with van der Waals surface area (Å²) in [4.78, 5) is 26.9. The molecule has 0 atom stereocenters. The van der Waals surface area contributed by atoms with E-state index in [-0.39, 0.29) is 16.9 Å². The van der Waals surface area contributed by atoms with Crippen LogP contribution in [0, 0.1) is 21.4 Å². The molecule has 0 fully saturated rings. The number of rotatable bonds is 2. The number of carbonyl (C=O) groups is 1. The topological polar surface area (TPSA) is 99.3 Å². The Bertz CT molecular complexity index is 1110. The van der Waals surface area contributed by atoms with Crippen molar-refractivity contribution in [3.05, 3.63) is 82.4 Å². The highest BCUT2D eigenvalue weighted by molar-refractivity contribution is 7.99. The van der Waals surface area contributed by atoms with E-state index in [1.165, 1.54) is 12.1 Å². The average molecular weight is 388 g/mol. The number of urea groups is 1. The van der Waals surface area contributed by atoms with Crippen molar-refractivity contribution < 1.29 is 9.72 Å². The predicted molar refractivity (Wildman–Crippen MR) is 106 cm³/mol. The Kier molecular flexibility index (Phi) is 4.43. The molecule has 0 radical (unpaired) electrons. The highest BCUT2D eigenvalue weighted by Crippen LogP contribution is 2.48. The number of carbonyl (C=O) groups excluding carboxylic acids is 1. The van der Waals surface area contributed by atoms with E-state index in [1.54, 1.807) is 16.7 Å². The van der Waals surface area contributed by atoms with Crippen molar-refractivity contribution in [1.82, 2.24) is 0 Å². The van der Waals surface area contributed by atoms with Crippen LogP contribution < -0.4 is 10.2 Å². The number of hydrogen-bond acceptors (Lipinski definition) is 5. The number of hydrogen-bond donors (Lipinski definition) is 1. The summed E-state index contributed by atoms with van der Waals surface area (Å²) in [6.45, 7) is 0. The van der Waals surface area contributed by atoms with E-state index in [4.69, 9.17) is 0 Å². The van der Waals surface area contributed by atoms with E-state index in [9.17, 15) is 20.2 Å². The molecule has 0 bridgehead atoms. The van der Waals surface area contributed by atoms with E-state index >= 15 is 0 Å². The van der Waals surface area contributed by atoms with Crippen molar-refractivity contribution in [1.29, 1.82) is 5.26 Å². The third-order valence-corrected chi connectivity index (χ3v) is 5.34. The zero-order valence-electron chi connectivity index (χ0n) is 14.3. The Balaban J connectivity index is 1.74. The Morgan fingerprint density at radius 1 is 1.04 bits per heavy atom. The lowest BCUT2D eigenvalue weighted by Crippen LogP contribution is -2.32. The van der Waals surface area contributed by atoms with Crippen LogP contribution in [0.15, 0.2) is 76.5 Å². The average Bonchev–Trinajstić information content (AvgIpc) is 2.71. The number of nitro benzene ring substituents is 1. The molecule has 0 saturated heterocycles. The van der Waals surface area contributed by atoms with Gasteiger partial charge in [-0.3, -0.25) is 15.0 Å². The third-order valence-electron chi connectivity index (χ3n) is 4.21. The van der Waals surface area contributed by atoms with Gasteiger partial charge >= 0.3 is 6.03 Å². The number of para-hydroxylation sites is 2. The zero-order valence-corrected chi connectivity index (χ0v) is 15.1. The van der Waals surface area contributed by atoms with E-state index in [0.717, 1.165) is 27.2 Å². The molecule has 136 valence electrons. The first-order valence-electron chi connectivity index (χ1n) is 8.24. The molecule has 1 aliphatic rings. The van der Waals surface area contributed by atoms with Crippen molar-refractivity contribution in [3.63, 3.8) is 0 Å². The lowest BCUT2D eigenvalue weighted by molar-refractivity contribution is -0.384. The summed E-state index contributed by atoms with van der Waals surface area (Å²) in [6, 6.07) is 20.3. The van der Waals surface area contributed by atoms with Gasteiger partial charge in [-0.2, -0.15) is 5.26 Å². The maximum Gasteiger partial charge on any atom is 0.331 e. The maximum atomic E-state index is 13.1. The fourth-order valence-corrected chi connectivity index (χ4v) is 4.00. The van der Waals surface area contributed by atoms with E-state index in [1.807, 2.05) is 54.6 Å². The molecule has 1 N–H and O–H groups in total. The van der Waals surface area contributed by atoms with Crippen molar-refractivity contribution >= 4 is 40.5 Å². The van der Waals surface area contributed by atoms with Crippen LogP contribution in [0.3, 0.4) is 0 Å². The number of benzene rings is 3. The lowest BCUT2D eigenvalue weighted by Gasteiger charge is -2.31. The number of amides is 2. The van der Waals surface area contributed by atoms with Gasteiger partial charge in [0.25, 0.3) is 5.69 Å². The van der Waals surface area contributed by atoms with Crippen molar-refractivity contribution in [2.45, 2.75) is 9.79 Å². The molecule has 0 unspecified atom stereocenters. The minimum absolute atomic E-state index is 0.0236. The molecule has 4 rings (SSSR count). The molecule has 0 aliphatic carbocycles. The van der Waals surface area contributed by atoms with E-state index in [0.29, 0.717) is 0 Å². The largest absolute Gasteiger partial charge is 0.331 e. The molecule has 0 spiro atoms. The molecular weight excluding hydrogens is 376 g/mol. The summed E-state index contributed by atoms with van der Waals surface area (Å²) in [5, 5.41) is 23.0. The molecule has 0 aromatic heterocycles. The van der Waals surface area contributed by atoms with Gasteiger partial charge in [-0.15, -0.1) is 0 Å². The molecule has 7 nitrogen and oxygen atoms in total. The van der Waals surface area contributed by atoms with Crippen LogP contribution in [0.4, 0.5) is 27.5 Å². The van der Waals surface area contributed by atoms with Crippen LogP contribution in [-0.2, 0) is 0 Å². The van der Waals surface area contributed by atoms with Crippen molar-refractivity contribution in [2.24, 2.45) is 0 Å². The zero-order chi connectivity index (χ0) is 19.7. The van der Waals surface area contributed by atoms with Crippen LogP contribution in [0.2, 0.25) is 0 Å². The minimum Gasteiger partial charge on any atom is -0.306 e. The molecule has 8 heteroatoms. The minimum atomic E-state index is -0.583. The van der Waals surface area contributed by atoms with Crippen LogP contribution >= 0.6 is 11.8 Å². The van der Waals surface area contributed by atoms with Gasteiger partial charge in [0.2, 0.25) is 0 Å². The first-order valence-corrected chi connectivity index (χ1v) is 9.05. The fraction of sp³-hybridized carbons (Fsp3) is 0. The normalized spacial score (nSPS) is 11.8. The summed E-state index contributed by atoms with van der Waals surface area (Å²) in [5.41, 5.74) is 1.48. The Hall–Kier alpha value is -3.83. The third kappa shape index (κ3) is 3.04. The quantitative estimate of drug-likeness (QED) is 0.474. The first-order chi connectivity index (χ1) is 13.6. The number of fused-ring (bicyclic) bond motifs is 2. The van der Waals surface area contributed by atoms with Gasteiger partial charge in [-0.25, -0.2) is 4.79 Å². The van der Waals surface area contributed by atoms with Gasteiger partial charge in [0, 0.05) is 21.9 Å². The molecule has 28 heavy (non-hydrogen) atoms. The van der Waals surface area contributed by atoms with Crippen molar-refractivity contribution in [3.8, 4) is 6.07 Å². The number of non-ortho nitro benzene ring substituents is 1. The molecule has 1 aliphatic heterocycles. The lowest BCUT2D eigenvalue weighted by atomic mass is 10.1. The van der Waals surface area contributed by atoms with Crippen LogP contribution in [0.5, 0.6) is 0 Å². The highest BCUT2D eigenvalue weighted by atomic mass is 32.2. The summed E-state index contributed by atoms with van der Waals surface area (Å²) in [6.07, 6.45) is 0. The van der Waals surface area contributed by atoms with E-state index < -0.39 is 11.0 Å². The maximum absolute atomic E-state index is 13.1. The van der Waals surface area contributed by atoms with Crippen LogP contribution in [0.1, 0.15) is 5.56 Å². The summed E-state index contributed by atoms with van der Waals surface area (Å²) < 4.78 is 0. The number of anilines is 3. The molecule has 2 amide bonds. The van der Waals surface area contributed by atoms with Gasteiger partial charge in [-0.1, -0.05) is 36.0 Å². The fourth-order valence-electron chi connectivity index (χ4n) is 2.94. The second kappa shape index (κ2) is 7.06. The molecule has 0 saturated carbocycles. The molecule has 3 aromatic rings. The van der Waals surface area contributed by atoms with Gasteiger partial charge in [-0.05, 0) is 30.3 Å². The molecule has 1 heterocycles. The van der Waals surface area contributed by atoms with Crippen LogP contribution in [0.25, 0.3) is 0 Å². The van der Waals surface area contributed by atoms with Crippen molar-refractivity contribution in [2.75, 3.05) is 10.2 Å². The second-order valence-electron chi connectivity index (χ2n) is 5.90.